The van der Waals surface area contributed by atoms with Gasteiger partial charge in [-0.25, -0.2) is 0 Å². The van der Waals surface area contributed by atoms with E-state index in [1.807, 2.05) is 26.0 Å². The molecule has 0 aromatic heterocycles. The molecule has 3 nitrogen and oxygen atoms in total. The van der Waals surface area contributed by atoms with Crippen molar-refractivity contribution in [2.24, 2.45) is 5.73 Å². The molecule has 0 bridgehead atoms. The highest BCUT2D eigenvalue weighted by atomic mass is 16.5. The molecular formula is C15H23NO2. The molecule has 0 amide bonds. The summed E-state index contributed by atoms with van der Waals surface area (Å²) in [5, 5.41) is 10.2. The summed E-state index contributed by atoms with van der Waals surface area (Å²) in [4.78, 5) is 0. The first-order valence-corrected chi connectivity index (χ1v) is 6.82. The van der Waals surface area contributed by atoms with E-state index in [0.717, 1.165) is 18.6 Å². The van der Waals surface area contributed by atoms with Crippen molar-refractivity contribution >= 4 is 0 Å². The Bertz CT molecular complexity index is 413. The summed E-state index contributed by atoms with van der Waals surface area (Å²) in [6.07, 6.45) is 3.38. The van der Waals surface area contributed by atoms with Gasteiger partial charge in [0.25, 0.3) is 0 Å². The number of aliphatic hydroxyl groups is 1. The molecule has 0 spiro atoms. The van der Waals surface area contributed by atoms with Crippen LogP contribution < -0.4 is 10.5 Å². The van der Waals surface area contributed by atoms with Crippen LogP contribution in [0.2, 0.25) is 0 Å². The zero-order valence-corrected chi connectivity index (χ0v) is 11.3. The van der Waals surface area contributed by atoms with Crippen molar-refractivity contribution in [1.29, 1.82) is 0 Å². The standard InChI is InChI=1S/C15H23NO2/c1-3-15(17,4-2)10-18-14-7-5-6-11-12(14)8-9-13(11)16/h5-7,13,17H,3-4,8-10,16H2,1-2H3. The maximum Gasteiger partial charge on any atom is 0.122 e. The fourth-order valence-electron chi connectivity index (χ4n) is 2.45. The molecular weight excluding hydrogens is 226 g/mol. The molecule has 0 radical (unpaired) electrons. The van der Waals surface area contributed by atoms with Crippen LogP contribution in [-0.4, -0.2) is 17.3 Å². The van der Waals surface area contributed by atoms with Crippen LogP contribution in [0.15, 0.2) is 18.2 Å². The number of hydrogen-bond donors (Lipinski definition) is 2. The first-order valence-electron chi connectivity index (χ1n) is 6.82. The molecule has 3 heteroatoms. The maximum absolute atomic E-state index is 10.2. The molecule has 1 aromatic rings. The normalized spacial score (nSPS) is 18.8. The van der Waals surface area contributed by atoms with Crippen molar-refractivity contribution in [3.63, 3.8) is 0 Å². The Morgan fingerprint density at radius 2 is 2.11 bits per heavy atom. The van der Waals surface area contributed by atoms with Crippen molar-refractivity contribution in [3.8, 4) is 5.75 Å². The average Bonchev–Trinajstić information content (AvgIpc) is 2.78. The summed E-state index contributed by atoms with van der Waals surface area (Å²) < 4.78 is 5.84. The lowest BCUT2D eigenvalue weighted by Gasteiger charge is -2.25. The summed E-state index contributed by atoms with van der Waals surface area (Å²) in [5.74, 6) is 0.890. The quantitative estimate of drug-likeness (QED) is 0.843. The maximum atomic E-state index is 10.2. The van der Waals surface area contributed by atoms with E-state index in [-0.39, 0.29) is 6.04 Å². The molecule has 1 unspecified atom stereocenters. The first-order chi connectivity index (χ1) is 8.59. The van der Waals surface area contributed by atoms with Crippen molar-refractivity contribution in [2.75, 3.05) is 6.61 Å². The molecule has 0 saturated carbocycles. The van der Waals surface area contributed by atoms with Gasteiger partial charge in [0.2, 0.25) is 0 Å². The van der Waals surface area contributed by atoms with E-state index < -0.39 is 5.60 Å². The minimum atomic E-state index is -0.719. The van der Waals surface area contributed by atoms with Crippen molar-refractivity contribution in [2.45, 2.75) is 51.2 Å². The number of nitrogens with two attached hydrogens (primary N) is 1. The summed E-state index contributed by atoms with van der Waals surface area (Å²) in [7, 11) is 0. The second-order valence-corrected chi connectivity index (χ2v) is 5.19. The van der Waals surface area contributed by atoms with Crippen LogP contribution in [0.4, 0.5) is 0 Å². The lowest BCUT2D eigenvalue weighted by Crippen LogP contribution is -2.34. The van der Waals surface area contributed by atoms with Crippen LogP contribution in [0.25, 0.3) is 0 Å². The van der Waals surface area contributed by atoms with Crippen molar-refractivity contribution in [3.05, 3.63) is 29.3 Å². The number of fused-ring (bicyclic) bond motifs is 1. The third kappa shape index (κ3) is 2.52. The van der Waals surface area contributed by atoms with Gasteiger partial charge in [-0.1, -0.05) is 26.0 Å². The molecule has 1 aromatic carbocycles. The highest BCUT2D eigenvalue weighted by Crippen LogP contribution is 2.35. The van der Waals surface area contributed by atoms with Gasteiger partial charge < -0.3 is 15.6 Å². The van der Waals surface area contributed by atoms with E-state index >= 15 is 0 Å². The molecule has 1 aliphatic rings. The van der Waals surface area contributed by atoms with Gasteiger partial charge in [0.1, 0.15) is 12.4 Å². The van der Waals surface area contributed by atoms with E-state index in [4.69, 9.17) is 10.5 Å². The average molecular weight is 249 g/mol. The van der Waals surface area contributed by atoms with Gasteiger partial charge in [-0.3, -0.25) is 0 Å². The van der Waals surface area contributed by atoms with Crippen LogP contribution in [0.3, 0.4) is 0 Å². The van der Waals surface area contributed by atoms with Crippen LogP contribution in [0, 0.1) is 0 Å². The highest BCUT2D eigenvalue weighted by molar-refractivity contribution is 5.44. The van der Waals surface area contributed by atoms with Gasteiger partial charge in [0.05, 0.1) is 5.60 Å². The lowest BCUT2D eigenvalue weighted by atomic mass is 9.99. The Hall–Kier alpha value is -1.06. The van der Waals surface area contributed by atoms with Gasteiger partial charge in [-0.2, -0.15) is 0 Å². The van der Waals surface area contributed by atoms with Gasteiger partial charge in [0, 0.05) is 6.04 Å². The number of benzene rings is 1. The predicted octanol–water partition coefficient (Wildman–Crippen LogP) is 2.56. The molecule has 1 aliphatic carbocycles. The lowest BCUT2D eigenvalue weighted by molar-refractivity contribution is -0.0115. The van der Waals surface area contributed by atoms with Crippen molar-refractivity contribution in [1.82, 2.24) is 0 Å². The summed E-state index contributed by atoms with van der Waals surface area (Å²) in [6, 6.07) is 6.17. The smallest absolute Gasteiger partial charge is 0.122 e. The zero-order chi connectivity index (χ0) is 13.2. The minimum absolute atomic E-state index is 0.139. The molecule has 0 aliphatic heterocycles. The predicted molar refractivity (Wildman–Crippen MR) is 72.7 cm³/mol. The minimum Gasteiger partial charge on any atom is -0.490 e. The second-order valence-electron chi connectivity index (χ2n) is 5.19. The fourth-order valence-corrected chi connectivity index (χ4v) is 2.45. The van der Waals surface area contributed by atoms with Gasteiger partial charge in [-0.05, 0) is 42.9 Å². The zero-order valence-electron chi connectivity index (χ0n) is 11.3. The van der Waals surface area contributed by atoms with E-state index in [1.54, 1.807) is 0 Å². The summed E-state index contributed by atoms with van der Waals surface area (Å²) in [5.41, 5.74) is 7.75. The molecule has 0 heterocycles. The number of hydrogen-bond acceptors (Lipinski definition) is 3. The van der Waals surface area contributed by atoms with Gasteiger partial charge in [0.15, 0.2) is 0 Å². The topological polar surface area (TPSA) is 55.5 Å². The molecule has 0 fully saturated rings. The molecule has 2 rings (SSSR count). The monoisotopic (exact) mass is 249 g/mol. The van der Waals surface area contributed by atoms with E-state index in [0.29, 0.717) is 19.4 Å². The summed E-state index contributed by atoms with van der Waals surface area (Å²) >= 11 is 0. The molecule has 0 saturated heterocycles. The second kappa shape index (κ2) is 5.29. The summed E-state index contributed by atoms with van der Waals surface area (Å²) in [6.45, 7) is 4.32. The molecule has 1 atom stereocenters. The Kier molecular flexibility index (Phi) is 3.93. The highest BCUT2D eigenvalue weighted by Gasteiger charge is 2.26. The molecule has 18 heavy (non-hydrogen) atoms. The van der Waals surface area contributed by atoms with E-state index in [2.05, 4.69) is 6.07 Å². The van der Waals surface area contributed by atoms with Crippen LogP contribution in [0.1, 0.15) is 50.3 Å². The number of ether oxygens (including phenoxy) is 1. The van der Waals surface area contributed by atoms with E-state index in [9.17, 15) is 5.11 Å². The van der Waals surface area contributed by atoms with Crippen molar-refractivity contribution < 1.29 is 9.84 Å². The Morgan fingerprint density at radius 1 is 1.39 bits per heavy atom. The molecule has 100 valence electrons. The number of rotatable bonds is 5. The first kappa shape index (κ1) is 13.4. The molecule has 3 N–H and O–H groups in total. The Labute approximate surface area is 109 Å². The van der Waals surface area contributed by atoms with Crippen LogP contribution in [0.5, 0.6) is 5.75 Å². The Balaban J connectivity index is 2.12. The Morgan fingerprint density at radius 3 is 2.78 bits per heavy atom. The van der Waals surface area contributed by atoms with Crippen LogP contribution in [-0.2, 0) is 6.42 Å². The SMILES string of the molecule is CCC(O)(CC)COc1cccc2c1CCC2N. The van der Waals surface area contributed by atoms with Crippen LogP contribution >= 0.6 is 0 Å². The van der Waals surface area contributed by atoms with E-state index in [1.165, 1.54) is 11.1 Å². The van der Waals surface area contributed by atoms with Gasteiger partial charge in [-0.15, -0.1) is 0 Å². The largest absolute Gasteiger partial charge is 0.490 e. The third-order valence-corrected chi connectivity index (χ3v) is 4.09. The fraction of sp³-hybridized carbons (Fsp3) is 0.600. The van der Waals surface area contributed by atoms with Gasteiger partial charge >= 0.3 is 0 Å². The third-order valence-electron chi connectivity index (χ3n) is 4.09.